The van der Waals surface area contributed by atoms with Gasteiger partial charge in [-0.25, -0.2) is 4.98 Å². The van der Waals surface area contributed by atoms with Crippen LogP contribution in [-0.4, -0.2) is 28.8 Å². The molecule has 2 aromatic rings. The molecule has 5 nitrogen and oxygen atoms in total. The van der Waals surface area contributed by atoms with Crippen molar-refractivity contribution in [3.63, 3.8) is 0 Å². The van der Waals surface area contributed by atoms with E-state index < -0.39 is 23.2 Å². The number of nitrogens with two attached hydrogens (primary N) is 1. The van der Waals surface area contributed by atoms with Gasteiger partial charge in [0.05, 0.1) is 5.56 Å². The molecule has 1 aliphatic rings. The lowest BCUT2D eigenvalue weighted by atomic mass is 9.82. The van der Waals surface area contributed by atoms with Crippen molar-refractivity contribution in [2.75, 3.05) is 18.4 Å². The Labute approximate surface area is 161 Å². The van der Waals surface area contributed by atoms with Crippen LogP contribution in [0.2, 0.25) is 0 Å². The van der Waals surface area contributed by atoms with Gasteiger partial charge in [-0.2, -0.15) is 13.2 Å². The van der Waals surface area contributed by atoms with Crippen LogP contribution in [0.1, 0.15) is 47.3 Å². The number of pyridine rings is 2. The highest BCUT2D eigenvalue weighted by Gasteiger charge is 2.36. The average Bonchev–Trinajstić information content (AvgIpc) is 2.72. The fraction of sp³-hybridized carbons (Fsp3) is 0.450. The second-order valence-electron chi connectivity index (χ2n) is 7.16. The molecule has 0 amide bonds. The van der Waals surface area contributed by atoms with Crippen LogP contribution in [0.4, 0.5) is 19.0 Å². The topological polar surface area (TPSA) is 80.9 Å². The molecule has 0 aliphatic heterocycles. The number of nitrogens with zero attached hydrogens (tertiary/aromatic N) is 2. The number of anilines is 1. The Hall–Kier alpha value is -2.48. The van der Waals surface area contributed by atoms with Gasteiger partial charge in [-0.05, 0) is 68.3 Å². The normalized spacial score (nSPS) is 20.0. The van der Waals surface area contributed by atoms with Crippen LogP contribution >= 0.6 is 0 Å². The summed E-state index contributed by atoms with van der Waals surface area (Å²) in [6, 6.07) is 5.10. The molecule has 0 unspecified atom stereocenters. The predicted octanol–water partition coefficient (Wildman–Crippen LogP) is 3.90. The predicted molar refractivity (Wildman–Crippen MR) is 99.9 cm³/mol. The van der Waals surface area contributed by atoms with E-state index in [1.54, 1.807) is 0 Å². The molecule has 0 saturated heterocycles. The molecule has 28 heavy (non-hydrogen) atoms. The van der Waals surface area contributed by atoms with E-state index >= 15 is 0 Å². The molecule has 0 bridgehead atoms. The molecule has 2 heterocycles. The summed E-state index contributed by atoms with van der Waals surface area (Å²) in [5.74, 6) is 0.447. The first-order valence-electron chi connectivity index (χ1n) is 9.35. The van der Waals surface area contributed by atoms with Crippen molar-refractivity contribution in [3.8, 4) is 0 Å². The number of rotatable bonds is 6. The lowest BCUT2D eigenvalue weighted by Crippen LogP contribution is -2.25. The first-order chi connectivity index (χ1) is 13.4. The Morgan fingerprint density at radius 3 is 2.46 bits per heavy atom. The van der Waals surface area contributed by atoms with Crippen LogP contribution in [-0.2, 0) is 6.18 Å². The van der Waals surface area contributed by atoms with Gasteiger partial charge in [0.1, 0.15) is 11.5 Å². The number of ketones is 1. The Bertz CT molecular complexity index is 803. The van der Waals surface area contributed by atoms with E-state index in [-0.39, 0.29) is 11.4 Å². The molecule has 150 valence electrons. The van der Waals surface area contributed by atoms with Crippen molar-refractivity contribution in [1.82, 2.24) is 9.97 Å². The van der Waals surface area contributed by atoms with Crippen molar-refractivity contribution >= 4 is 11.6 Å². The van der Waals surface area contributed by atoms with E-state index in [9.17, 15) is 18.0 Å². The smallest absolute Gasteiger partial charge is 0.370 e. The fourth-order valence-corrected chi connectivity index (χ4v) is 3.51. The van der Waals surface area contributed by atoms with Crippen LogP contribution < -0.4 is 11.1 Å². The molecule has 8 heteroatoms. The van der Waals surface area contributed by atoms with Gasteiger partial charge >= 0.3 is 6.18 Å². The maximum atomic E-state index is 13.4. The van der Waals surface area contributed by atoms with Crippen LogP contribution in [0.3, 0.4) is 0 Å². The van der Waals surface area contributed by atoms with Crippen molar-refractivity contribution in [3.05, 3.63) is 53.5 Å². The quantitative estimate of drug-likeness (QED) is 0.729. The average molecular weight is 392 g/mol. The molecule has 3 rings (SSSR count). The third-order valence-corrected chi connectivity index (χ3v) is 5.21. The summed E-state index contributed by atoms with van der Waals surface area (Å²) in [7, 11) is 0. The van der Waals surface area contributed by atoms with E-state index in [4.69, 9.17) is 5.73 Å². The zero-order valence-electron chi connectivity index (χ0n) is 15.4. The van der Waals surface area contributed by atoms with E-state index in [1.165, 1.54) is 30.6 Å². The fourth-order valence-electron chi connectivity index (χ4n) is 3.51. The Morgan fingerprint density at radius 1 is 1.14 bits per heavy atom. The summed E-state index contributed by atoms with van der Waals surface area (Å²) in [5.41, 5.74) is 4.11. The summed E-state index contributed by atoms with van der Waals surface area (Å²) in [4.78, 5) is 20.4. The summed E-state index contributed by atoms with van der Waals surface area (Å²) < 4.78 is 40.1. The Balaban J connectivity index is 1.77. The highest BCUT2D eigenvalue weighted by atomic mass is 19.4. The van der Waals surface area contributed by atoms with Gasteiger partial charge in [0.25, 0.3) is 0 Å². The number of nitrogens with one attached hydrogen (secondary N) is 1. The number of hydrogen-bond acceptors (Lipinski definition) is 5. The minimum absolute atomic E-state index is 0.0674. The number of carbonyl (C=O) groups excluding carboxylic acids is 1. The van der Waals surface area contributed by atoms with Gasteiger partial charge < -0.3 is 11.1 Å². The summed E-state index contributed by atoms with van der Waals surface area (Å²) in [5, 5.41) is 3.10. The van der Waals surface area contributed by atoms with Gasteiger partial charge in [-0.15, -0.1) is 0 Å². The third kappa shape index (κ3) is 4.86. The molecule has 3 N–H and O–H groups in total. The molecule has 2 aromatic heterocycles. The van der Waals surface area contributed by atoms with E-state index in [0.717, 1.165) is 31.7 Å². The van der Waals surface area contributed by atoms with Crippen LogP contribution in [0.5, 0.6) is 0 Å². The zero-order valence-corrected chi connectivity index (χ0v) is 15.4. The molecule has 0 atom stereocenters. The second kappa shape index (κ2) is 8.68. The van der Waals surface area contributed by atoms with Crippen molar-refractivity contribution in [1.29, 1.82) is 0 Å². The molecule has 1 saturated carbocycles. The van der Waals surface area contributed by atoms with Crippen LogP contribution in [0, 0.1) is 11.8 Å². The van der Waals surface area contributed by atoms with Gasteiger partial charge in [0.2, 0.25) is 5.78 Å². The lowest BCUT2D eigenvalue weighted by Gasteiger charge is -2.27. The first kappa shape index (κ1) is 20.3. The SMILES string of the molecule is NCC1CCC(CNc2ccc(C(F)(F)F)c(C(=O)c3cccnc3)n2)CC1. The molecule has 1 fully saturated rings. The van der Waals surface area contributed by atoms with Crippen molar-refractivity contribution in [2.45, 2.75) is 31.9 Å². The van der Waals surface area contributed by atoms with E-state index in [0.29, 0.717) is 24.9 Å². The van der Waals surface area contributed by atoms with Crippen molar-refractivity contribution < 1.29 is 18.0 Å². The number of halogens is 3. The number of hydrogen-bond donors (Lipinski definition) is 2. The summed E-state index contributed by atoms with van der Waals surface area (Å²) >= 11 is 0. The third-order valence-electron chi connectivity index (χ3n) is 5.21. The van der Waals surface area contributed by atoms with Crippen LogP contribution in [0.15, 0.2) is 36.7 Å². The largest absolute Gasteiger partial charge is 0.418 e. The monoisotopic (exact) mass is 392 g/mol. The lowest BCUT2D eigenvalue weighted by molar-refractivity contribution is -0.138. The molecule has 0 aromatic carbocycles. The van der Waals surface area contributed by atoms with Gasteiger partial charge in [0, 0.05) is 24.5 Å². The van der Waals surface area contributed by atoms with Gasteiger partial charge in [-0.3, -0.25) is 9.78 Å². The van der Waals surface area contributed by atoms with E-state index in [1.807, 2.05) is 0 Å². The molecule has 0 radical (unpaired) electrons. The second-order valence-corrected chi connectivity index (χ2v) is 7.16. The van der Waals surface area contributed by atoms with Gasteiger partial charge in [-0.1, -0.05) is 0 Å². The minimum atomic E-state index is -4.67. The zero-order chi connectivity index (χ0) is 20.1. The number of alkyl halides is 3. The van der Waals surface area contributed by atoms with Crippen molar-refractivity contribution in [2.24, 2.45) is 17.6 Å². The Kier molecular flexibility index (Phi) is 6.28. The molecular formula is C20H23F3N4O. The molecular weight excluding hydrogens is 369 g/mol. The number of carbonyl (C=O) groups is 1. The first-order valence-corrected chi connectivity index (χ1v) is 9.35. The summed E-state index contributed by atoms with van der Waals surface area (Å²) in [6.07, 6.45) is 2.20. The standard InChI is InChI=1S/C20H23F3N4O/c21-20(22,23)16-7-8-17(26-11-14-5-3-13(10-24)4-6-14)27-18(16)19(28)15-2-1-9-25-12-15/h1-2,7-9,12-14H,3-6,10-11,24H2,(H,26,27). The Morgan fingerprint density at radius 2 is 1.86 bits per heavy atom. The maximum absolute atomic E-state index is 13.4. The minimum Gasteiger partial charge on any atom is -0.370 e. The highest BCUT2D eigenvalue weighted by molar-refractivity contribution is 6.08. The number of aromatic nitrogens is 2. The molecule has 1 aliphatic carbocycles. The van der Waals surface area contributed by atoms with Crippen LogP contribution in [0.25, 0.3) is 0 Å². The van der Waals surface area contributed by atoms with E-state index in [2.05, 4.69) is 15.3 Å². The highest BCUT2D eigenvalue weighted by Crippen LogP contribution is 2.33. The maximum Gasteiger partial charge on any atom is 0.418 e. The molecule has 0 spiro atoms. The summed E-state index contributed by atoms with van der Waals surface area (Å²) in [6.45, 7) is 1.30. The van der Waals surface area contributed by atoms with Gasteiger partial charge in [0.15, 0.2) is 0 Å².